The Bertz CT molecular complexity index is 564. The molecule has 1 aliphatic carbocycles. The second kappa shape index (κ2) is 4.91. The normalized spacial score (nSPS) is 24.3. The van der Waals surface area contributed by atoms with Crippen molar-refractivity contribution in [1.82, 2.24) is 0 Å². The van der Waals surface area contributed by atoms with Crippen molar-refractivity contribution in [3.8, 4) is 0 Å². The molecule has 18 heavy (non-hydrogen) atoms. The Morgan fingerprint density at radius 1 is 1.00 bits per heavy atom. The van der Waals surface area contributed by atoms with E-state index < -0.39 is 0 Å². The van der Waals surface area contributed by atoms with E-state index in [1.165, 1.54) is 17.2 Å². The number of fused-ring (bicyclic) bond motifs is 1. The summed E-state index contributed by atoms with van der Waals surface area (Å²) >= 11 is 6.39. The van der Waals surface area contributed by atoms with Crippen LogP contribution in [-0.2, 0) is 0 Å². The molecule has 3 rings (SSSR count). The molecule has 2 atom stereocenters. The van der Waals surface area contributed by atoms with Crippen LogP contribution in [-0.4, -0.2) is 11.2 Å². The van der Waals surface area contributed by atoms with Crippen LogP contribution in [0.15, 0.2) is 36.4 Å². The molecule has 0 bridgehead atoms. The Kier molecular flexibility index (Phi) is 3.27. The van der Waals surface area contributed by atoms with Gasteiger partial charge in [-0.15, -0.1) is 0 Å². The number of aliphatic hydroxyl groups excluding tert-OH is 1. The highest BCUT2D eigenvalue weighted by molar-refractivity contribution is 6.32. The lowest BCUT2D eigenvalue weighted by atomic mass is 9.80. The van der Waals surface area contributed by atoms with Gasteiger partial charge in [0.1, 0.15) is 0 Å². The Balaban J connectivity index is 2.17. The molecule has 1 N–H and O–H groups in total. The van der Waals surface area contributed by atoms with Crippen molar-refractivity contribution in [2.45, 2.75) is 37.7 Å². The Hall–Kier alpha value is -1.05. The van der Waals surface area contributed by atoms with E-state index in [4.69, 9.17) is 11.6 Å². The molecular weight excluding hydrogens is 244 g/mol. The van der Waals surface area contributed by atoms with Gasteiger partial charge in [0, 0.05) is 10.9 Å². The lowest BCUT2D eigenvalue weighted by Crippen LogP contribution is -2.23. The highest BCUT2D eigenvalue weighted by Crippen LogP contribution is 2.40. The fraction of sp³-hybridized carbons (Fsp3) is 0.375. The zero-order valence-electron chi connectivity index (χ0n) is 10.3. The van der Waals surface area contributed by atoms with Crippen molar-refractivity contribution in [2.75, 3.05) is 0 Å². The lowest BCUT2D eigenvalue weighted by Gasteiger charge is -2.29. The summed E-state index contributed by atoms with van der Waals surface area (Å²) in [6.45, 7) is 0. The minimum absolute atomic E-state index is 0.192. The molecule has 0 aromatic heterocycles. The maximum absolute atomic E-state index is 10.2. The van der Waals surface area contributed by atoms with Gasteiger partial charge in [0.25, 0.3) is 0 Å². The molecule has 0 radical (unpaired) electrons. The maximum atomic E-state index is 10.2. The summed E-state index contributed by atoms with van der Waals surface area (Å²) in [5, 5.41) is 13.4. The Labute approximate surface area is 112 Å². The zero-order valence-corrected chi connectivity index (χ0v) is 11.0. The molecular formula is C16H17ClO. The van der Waals surface area contributed by atoms with Gasteiger partial charge < -0.3 is 5.11 Å². The largest absolute Gasteiger partial charge is 0.392 e. The van der Waals surface area contributed by atoms with Crippen LogP contribution in [0, 0.1) is 0 Å². The van der Waals surface area contributed by atoms with Crippen molar-refractivity contribution in [1.29, 1.82) is 0 Å². The molecule has 2 aromatic carbocycles. The molecule has 2 heteroatoms. The van der Waals surface area contributed by atoms with Gasteiger partial charge in [-0.05, 0) is 35.2 Å². The second-order valence-corrected chi connectivity index (χ2v) is 5.55. The number of halogens is 1. The van der Waals surface area contributed by atoms with Gasteiger partial charge in [-0.25, -0.2) is 0 Å². The molecule has 0 heterocycles. The predicted molar refractivity (Wildman–Crippen MR) is 76.2 cm³/mol. The number of aliphatic hydroxyl groups is 1. The average Bonchev–Trinajstić information content (AvgIpc) is 2.40. The quantitative estimate of drug-likeness (QED) is 0.800. The fourth-order valence-electron chi connectivity index (χ4n) is 3.09. The molecule has 94 valence electrons. The first-order valence-corrected chi connectivity index (χ1v) is 7.00. The van der Waals surface area contributed by atoms with Crippen LogP contribution in [0.1, 0.15) is 37.2 Å². The van der Waals surface area contributed by atoms with Crippen LogP contribution >= 0.6 is 11.6 Å². The van der Waals surface area contributed by atoms with Crippen LogP contribution in [0.3, 0.4) is 0 Å². The summed E-state index contributed by atoms with van der Waals surface area (Å²) in [4.78, 5) is 0. The minimum Gasteiger partial charge on any atom is -0.392 e. The van der Waals surface area contributed by atoms with Gasteiger partial charge in [0.05, 0.1) is 6.10 Å². The first kappa shape index (κ1) is 12.0. The molecule has 1 fully saturated rings. The SMILES string of the molecule is O[C@@H]1CCCC[C@@H]1c1c(Cl)ccc2ccccc12. The van der Waals surface area contributed by atoms with Gasteiger partial charge in [0.2, 0.25) is 0 Å². The van der Waals surface area contributed by atoms with Gasteiger partial charge in [-0.1, -0.05) is 54.8 Å². The molecule has 0 aliphatic heterocycles. The highest BCUT2D eigenvalue weighted by atomic mass is 35.5. The zero-order chi connectivity index (χ0) is 12.5. The van der Waals surface area contributed by atoms with E-state index in [1.807, 2.05) is 18.2 Å². The molecule has 1 aliphatic rings. The van der Waals surface area contributed by atoms with E-state index >= 15 is 0 Å². The summed E-state index contributed by atoms with van der Waals surface area (Å²) in [6.07, 6.45) is 3.99. The summed E-state index contributed by atoms with van der Waals surface area (Å²) in [5.74, 6) is 0.192. The number of hydrogen-bond donors (Lipinski definition) is 1. The standard InChI is InChI=1S/C16H17ClO/c17-14-10-9-11-5-1-2-6-12(11)16(14)13-7-3-4-8-15(13)18/h1-2,5-6,9-10,13,15,18H,3-4,7-8H2/t13-,15+/m0/s1. The van der Waals surface area contributed by atoms with Gasteiger partial charge in [-0.2, -0.15) is 0 Å². The van der Waals surface area contributed by atoms with E-state index in [-0.39, 0.29) is 12.0 Å². The molecule has 0 spiro atoms. The van der Waals surface area contributed by atoms with Crippen LogP contribution in [0.4, 0.5) is 0 Å². The first-order valence-electron chi connectivity index (χ1n) is 6.62. The predicted octanol–water partition coefficient (Wildman–Crippen LogP) is 4.51. The molecule has 0 unspecified atom stereocenters. The number of hydrogen-bond acceptors (Lipinski definition) is 1. The van der Waals surface area contributed by atoms with Crippen LogP contribution < -0.4 is 0 Å². The minimum atomic E-state index is -0.248. The molecule has 2 aromatic rings. The van der Waals surface area contributed by atoms with E-state index in [2.05, 4.69) is 18.2 Å². The first-order chi connectivity index (χ1) is 8.77. The third-order valence-electron chi connectivity index (χ3n) is 4.02. The van der Waals surface area contributed by atoms with Crippen molar-refractivity contribution in [2.24, 2.45) is 0 Å². The lowest BCUT2D eigenvalue weighted by molar-refractivity contribution is 0.107. The summed E-state index contributed by atoms with van der Waals surface area (Å²) in [6, 6.07) is 12.3. The number of rotatable bonds is 1. The summed E-state index contributed by atoms with van der Waals surface area (Å²) < 4.78 is 0. The smallest absolute Gasteiger partial charge is 0.0609 e. The van der Waals surface area contributed by atoms with Gasteiger partial charge in [0.15, 0.2) is 0 Å². The monoisotopic (exact) mass is 260 g/mol. The Morgan fingerprint density at radius 2 is 1.78 bits per heavy atom. The van der Waals surface area contributed by atoms with Crippen LogP contribution in [0.25, 0.3) is 10.8 Å². The van der Waals surface area contributed by atoms with Crippen LogP contribution in [0.2, 0.25) is 5.02 Å². The topological polar surface area (TPSA) is 20.2 Å². The fourth-order valence-corrected chi connectivity index (χ4v) is 3.40. The van der Waals surface area contributed by atoms with E-state index in [1.54, 1.807) is 0 Å². The molecule has 0 saturated heterocycles. The molecule has 0 amide bonds. The average molecular weight is 261 g/mol. The summed E-state index contributed by atoms with van der Waals surface area (Å²) in [5.41, 5.74) is 1.14. The maximum Gasteiger partial charge on any atom is 0.0609 e. The second-order valence-electron chi connectivity index (χ2n) is 5.14. The van der Waals surface area contributed by atoms with Crippen molar-refractivity contribution in [3.63, 3.8) is 0 Å². The van der Waals surface area contributed by atoms with E-state index in [0.29, 0.717) is 0 Å². The van der Waals surface area contributed by atoms with Crippen molar-refractivity contribution >= 4 is 22.4 Å². The number of benzene rings is 2. The van der Waals surface area contributed by atoms with E-state index in [0.717, 1.165) is 29.8 Å². The molecule has 1 nitrogen and oxygen atoms in total. The van der Waals surface area contributed by atoms with Crippen molar-refractivity contribution in [3.05, 3.63) is 47.0 Å². The third kappa shape index (κ3) is 2.02. The summed E-state index contributed by atoms with van der Waals surface area (Å²) in [7, 11) is 0. The molecule has 1 saturated carbocycles. The van der Waals surface area contributed by atoms with E-state index in [9.17, 15) is 5.11 Å². The van der Waals surface area contributed by atoms with Gasteiger partial charge in [-0.3, -0.25) is 0 Å². The van der Waals surface area contributed by atoms with Gasteiger partial charge >= 0.3 is 0 Å². The van der Waals surface area contributed by atoms with Crippen molar-refractivity contribution < 1.29 is 5.11 Å². The highest BCUT2D eigenvalue weighted by Gasteiger charge is 2.27. The third-order valence-corrected chi connectivity index (χ3v) is 4.35. The van der Waals surface area contributed by atoms with Crippen LogP contribution in [0.5, 0.6) is 0 Å². The Morgan fingerprint density at radius 3 is 2.61 bits per heavy atom.